The van der Waals surface area contributed by atoms with Crippen LogP contribution in [0.25, 0.3) is 0 Å². The summed E-state index contributed by atoms with van der Waals surface area (Å²) in [5.41, 5.74) is 1.96. The van der Waals surface area contributed by atoms with E-state index in [-0.39, 0.29) is 5.60 Å². The molecule has 0 saturated heterocycles. The van der Waals surface area contributed by atoms with Crippen molar-refractivity contribution >= 4 is 0 Å². The molecule has 0 aliphatic heterocycles. The zero-order valence-electron chi connectivity index (χ0n) is 22.3. The molecule has 7 atom stereocenters. The van der Waals surface area contributed by atoms with E-state index in [0.29, 0.717) is 17.3 Å². The molecular formula is C31H54O. The Balaban J connectivity index is 1.73. The van der Waals surface area contributed by atoms with Gasteiger partial charge in [0.15, 0.2) is 0 Å². The van der Waals surface area contributed by atoms with E-state index in [4.69, 9.17) is 4.74 Å². The van der Waals surface area contributed by atoms with Crippen LogP contribution >= 0.6 is 0 Å². The topological polar surface area (TPSA) is 9.23 Å². The minimum absolute atomic E-state index is 0.00282. The molecule has 0 amide bonds. The van der Waals surface area contributed by atoms with Gasteiger partial charge in [-0.1, -0.05) is 71.6 Å². The molecular weight excluding hydrogens is 388 g/mol. The number of fused-ring (bicyclic) bond motifs is 1. The lowest BCUT2D eigenvalue weighted by Crippen LogP contribution is -2.56. The van der Waals surface area contributed by atoms with E-state index in [1.807, 2.05) is 7.11 Å². The maximum atomic E-state index is 6.62. The number of hydrogen-bond acceptors (Lipinski definition) is 1. The lowest BCUT2D eigenvalue weighted by Gasteiger charge is -2.56. The predicted molar refractivity (Wildman–Crippen MR) is 140 cm³/mol. The second kappa shape index (κ2) is 11.2. The highest BCUT2D eigenvalue weighted by molar-refractivity contribution is 5.13. The Bertz CT molecular complexity index is 620. The average Bonchev–Trinajstić information content (AvgIpc) is 3.12. The van der Waals surface area contributed by atoms with Gasteiger partial charge in [0.1, 0.15) is 0 Å². The first-order valence-corrected chi connectivity index (χ1v) is 14.1. The number of allylic oxidation sites excluding steroid dienone is 1. The van der Waals surface area contributed by atoms with Crippen molar-refractivity contribution in [1.82, 2.24) is 0 Å². The molecule has 0 heterocycles. The van der Waals surface area contributed by atoms with Crippen LogP contribution in [0.5, 0.6) is 0 Å². The molecule has 32 heavy (non-hydrogen) atoms. The molecule has 184 valence electrons. The summed E-state index contributed by atoms with van der Waals surface area (Å²) in [7, 11) is 2.02. The van der Waals surface area contributed by atoms with E-state index < -0.39 is 0 Å². The maximum absolute atomic E-state index is 6.62. The summed E-state index contributed by atoms with van der Waals surface area (Å²) in [6, 6.07) is 0. The van der Waals surface area contributed by atoms with Gasteiger partial charge in [0.25, 0.3) is 0 Å². The largest absolute Gasteiger partial charge is 0.377 e. The van der Waals surface area contributed by atoms with E-state index in [2.05, 4.69) is 46.9 Å². The van der Waals surface area contributed by atoms with Crippen LogP contribution in [-0.2, 0) is 4.74 Å². The molecule has 1 nitrogen and oxygen atoms in total. The Hall–Kier alpha value is -0.560. The average molecular weight is 443 g/mol. The second-order valence-corrected chi connectivity index (χ2v) is 12.6. The summed E-state index contributed by atoms with van der Waals surface area (Å²) in [6.45, 7) is 18.6. The van der Waals surface area contributed by atoms with Crippen LogP contribution in [0.1, 0.15) is 118 Å². The normalized spacial score (nSPS) is 38.6. The third-order valence-corrected chi connectivity index (χ3v) is 10.4. The van der Waals surface area contributed by atoms with E-state index in [1.54, 1.807) is 0 Å². The Morgan fingerprint density at radius 2 is 1.84 bits per heavy atom. The first-order valence-electron chi connectivity index (χ1n) is 14.1. The minimum atomic E-state index is -0.00282. The molecule has 3 aliphatic rings. The van der Waals surface area contributed by atoms with Crippen LogP contribution in [-0.4, -0.2) is 12.7 Å². The van der Waals surface area contributed by atoms with Crippen LogP contribution in [0.4, 0.5) is 0 Å². The van der Waals surface area contributed by atoms with Crippen molar-refractivity contribution in [2.45, 2.75) is 123 Å². The van der Waals surface area contributed by atoms with Crippen molar-refractivity contribution in [2.75, 3.05) is 7.11 Å². The molecule has 0 radical (unpaired) electrons. The standard InChI is InChI=1S/C31H54O/c1-8-21-31(32-7)27(17-16-26-15-10-9-13-24(26)4)20-22-30(6)28(18-19-29(30)31)25(5)14-11-12-23(2)3/h8,23,25-29H,1,4,9-22H2,2-3,5-7H3/t25-,26?,27-,28-,29-,30-,31+/m1/s1. The van der Waals surface area contributed by atoms with Crippen LogP contribution in [0.3, 0.4) is 0 Å². The molecule has 0 aromatic heterocycles. The quantitative estimate of drug-likeness (QED) is 0.289. The zero-order chi connectivity index (χ0) is 23.4. The first-order chi connectivity index (χ1) is 15.3. The van der Waals surface area contributed by atoms with Gasteiger partial charge in [0.2, 0.25) is 0 Å². The van der Waals surface area contributed by atoms with Crippen LogP contribution in [0.15, 0.2) is 24.8 Å². The van der Waals surface area contributed by atoms with Crippen molar-refractivity contribution in [3.63, 3.8) is 0 Å². The zero-order valence-corrected chi connectivity index (χ0v) is 22.3. The molecule has 3 saturated carbocycles. The first kappa shape index (κ1) is 26.1. The molecule has 1 unspecified atom stereocenters. The fourth-order valence-corrected chi connectivity index (χ4v) is 8.64. The van der Waals surface area contributed by atoms with Gasteiger partial charge in [-0.05, 0) is 105 Å². The van der Waals surface area contributed by atoms with Gasteiger partial charge in [0.05, 0.1) is 5.60 Å². The highest BCUT2D eigenvalue weighted by atomic mass is 16.5. The van der Waals surface area contributed by atoms with Crippen molar-refractivity contribution < 1.29 is 4.74 Å². The predicted octanol–water partition coefficient (Wildman–Crippen LogP) is 9.38. The number of rotatable bonds is 11. The molecule has 0 aromatic rings. The van der Waals surface area contributed by atoms with Crippen molar-refractivity contribution in [3.8, 4) is 0 Å². The van der Waals surface area contributed by atoms with Gasteiger partial charge in [-0.2, -0.15) is 0 Å². The lowest BCUT2D eigenvalue weighted by molar-refractivity contribution is -0.168. The van der Waals surface area contributed by atoms with Gasteiger partial charge < -0.3 is 4.74 Å². The number of methoxy groups -OCH3 is 1. The molecule has 3 aliphatic carbocycles. The van der Waals surface area contributed by atoms with Crippen molar-refractivity contribution in [1.29, 1.82) is 0 Å². The van der Waals surface area contributed by atoms with E-state index >= 15 is 0 Å². The molecule has 3 fully saturated rings. The van der Waals surface area contributed by atoms with Gasteiger partial charge in [0, 0.05) is 7.11 Å². The van der Waals surface area contributed by atoms with Gasteiger partial charge in [-0.25, -0.2) is 0 Å². The monoisotopic (exact) mass is 442 g/mol. The summed E-state index contributed by atoms with van der Waals surface area (Å²) in [5, 5.41) is 0. The Kier molecular flexibility index (Phi) is 9.15. The van der Waals surface area contributed by atoms with Crippen LogP contribution in [0, 0.1) is 40.9 Å². The van der Waals surface area contributed by atoms with Gasteiger partial charge >= 0.3 is 0 Å². The van der Waals surface area contributed by atoms with E-state index in [9.17, 15) is 0 Å². The summed E-state index contributed by atoms with van der Waals surface area (Å²) in [5.74, 6) is 4.64. The molecule has 0 bridgehead atoms. The van der Waals surface area contributed by atoms with Crippen molar-refractivity contribution in [3.05, 3.63) is 24.8 Å². The SMILES string of the molecule is C=CC[C@]1(OC)[C@H](CCC2CCCCC2=C)CC[C@]2(C)[C@@H]([C@H](C)CCCC(C)C)CC[C@H]21. The van der Waals surface area contributed by atoms with Gasteiger partial charge in [-0.15, -0.1) is 6.58 Å². The Labute approximate surface area is 200 Å². The minimum Gasteiger partial charge on any atom is -0.377 e. The summed E-state index contributed by atoms with van der Waals surface area (Å²) < 4.78 is 6.62. The summed E-state index contributed by atoms with van der Waals surface area (Å²) in [6.07, 6.45) is 20.9. The van der Waals surface area contributed by atoms with E-state index in [0.717, 1.165) is 30.1 Å². The highest BCUT2D eigenvalue weighted by Gasteiger charge is 2.61. The van der Waals surface area contributed by atoms with Crippen LogP contribution < -0.4 is 0 Å². The molecule has 0 aromatic carbocycles. The lowest BCUT2D eigenvalue weighted by atomic mass is 9.52. The molecule has 0 spiro atoms. The maximum Gasteiger partial charge on any atom is 0.0774 e. The Morgan fingerprint density at radius 3 is 2.50 bits per heavy atom. The summed E-state index contributed by atoms with van der Waals surface area (Å²) >= 11 is 0. The second-order valence-electron chi connectivity index (χ2n) is 12.6. The smallest absolute Gasteiger partial charge is 0.0774 e. The molecule has 1 heteroatoms. The third kappa shape index (κ3) is 5.24. The number of hydrogen-bond donors (Lipinski definition) is 0. The summed E-state index contributed by atoms with van der Waals surface area (Å²) in [4.78, 5) is 0. The third-order valence-electron chi connectivity index (χ3n) is 10.4. The fraction of sp³-hybridized carbons (Fsp3) is 0.871. The number of ether oxygens (including phenoxy) is 1. The van der Waals surface area contributed by atoms with Crippen molar-refractivity contribution in [2.24, 2.45) is 40.9 Å². The van der Waals surface area contributed by atoms with E-state index in [1.165, 1.54) is 89.0 Å². The van der Waals surface area contributed by atoms with Gasteiger partial charge in [-0.3, -0.25) is 0 Å². The fourth-order valence-electron chi connectivity index (χ4n) is 8.64. The Morgan fingerprint density at radius 1 is 1.06 bits per heavy atom. The highest BCUT2D eigenvalue weighted by Crippen LogP contribution is 2.64. The molecule has 0 N–H and O–H groups in total. The van der Waals surface area contributed by atoms with Crippen LogP contribution in [0.2, 0.25) is 0 Å². The molecule has 3 rings (SSSR count).